The fraction of sp³-hybridized carbons (Fsp3) is 0.950. The SMILES string of the molecule is CCCCCCCCCCCOC(=O)CCCCCN(C)CCO. The molecule has 0 unspecified atom stereocenters. The highest BCUT2D eigenvalue weighted by Crippen LogP contribution is 2.10. The van der Waals surface area contributed by atoms with Gasteiger partial charge in [0.15, 0.2) is 0 Å². The molecule has 0 aliphatic carbocycles. The van der Waals surface area contributed by atoms with Crippen LogP contribution in [0.25, 0.3) is 0 Å². The largest absolute Gasteiger partial charge is 0.466 e. The van der Waals surface area contributed by atoms with Crippen LogP contribution < -0.4 is 0 Å². The van der Waals surface area contributed by atoms with Gasteiger partial charge in [0.2, 0.25) is 0 Å². The molecule has 0 rings (SSSR count). The number of aliphatic hydroxyl groups is 1. The number of esters is 1. The van der Waals surface area contributed by atoms with Gasteiger partial charge in [0.1, 0.15) is 0 Å². The summed E-state index contributed by atoms with van der Waals surface area (Å²) >= 11 is 0. The van der Waals surface area contributed by atoms with Crippen molar-refractivity contribution in [2.75, 3.05) is 33.4 Å². The van der Waals surface area contributed by atoms with Crippen LogP contribution in [0.5, 0.6) is 0 Å². The first-order chi connectivity index (χ1) is 11.7. The fourth-order valence-corrected chi connectivity index (χ4v) is 2.78. The Kier molecular flexibility index (Phi) is 18.2. The molecule has 0 radical (unpaired) electrons. The molecule has 4 nitrogen and oxygen atoms in total. The van der Waals surface area contributed by atoms with E-state index in [1.54, 1.807) is 0 Å². The second-order valence-electron chi connectivity index (χ2n) is 6.89. The number of likely N-dealkylation sites (N-methyl/N-ethyl adjacent to an activating group) is 1. The molecular weight excluding hydrogens is 302 g/mol. The second-order valence-corrected chi connectivity index (χ2v) is 6.89. The van der Waals surface area contributed by atoms with Crippen molar-refractivity contribution in [2.45, 2.75) is 90.4 Å². The third-order valence-corrected chi connectivity index (χ3v) is 4.41. The molecule has 4 heteroatoms. The molecule has 0 heterocycles. The second kappa shape index (κ2) is 18.7. The zero-order valence-electron chi connectivity index (χ0n) is 16.2. The number of aliphatic hydroxyl groups excluding tert-OH is 1. The van der Waals surface area contributed by atoms with E-state index in [1.807, 2.05) is 7.05 Å². The zero-order valence-corrected chi connectivity index (χ0v) is 16.2. The van der Waals surface area contributed by atoms with Crippen LogP contribution in [-0.4, -0.2) is 49.3 Å². The molecule has 0 aromatic heterocycles. The standard InChI is InChI=1S/C20H41NO3/c1-3-4-5-6-7-8-9-10-14-19-24-20(23)15-12-11-13-16-21(2)17-18-22/h22H,3-19H2,1-2H3. The lowest BCUT2D eigenvalue weighted by atomic mass is 10.1. The van der Waals surface area contributed by atoms with Gasteiger partial charge in [-0.1, -0.05) is 64.7 Å². The normalized spacial score (nSPS) is 11.2. The maximum Gasteiger partial charge on any atom is 0.305 e. The van der Waals surface area contributed by atoms with Crippen molar-refractivity contribution in [3.8, 4) is 0 Å². The number of unbranched alkanes of at least 4 members (excludes halogenated alkanes) is 10. The first-order valence-electron chi connectivity index (χ1n) is 10.2. The number of ether oxygens (including phenoxy) is 1. The highest BCUT2D eigenvalue weighted by molar-refractivity contribution is 5.69. The summed E-state index contributed by atoms with van der Waals surface area (Å²) in [6.45, 7) is 4.75. The van der Waals surface area contributed by atoms with E-state index in [0.717, 1.165) is 38.8 Å². The number of hydrogen-bond donors (Lipinski definition) is 1. The Morgan fingerprint density at radius 3 is 2.04 bits per heavy atom. The minimum absolute atomic E-state index is 0.0433. The summed E-state index contributed by atoms with van der Waals surface area (Å²) in [5, 5.41) is 8.80. The molecule has 0 saturated heterocycles. The highest BCUT2D eigenvalue weighted by Gasteiger charge is 2.03. The van der Waals surface area contributed by atoms with Gasteiger partial charge in [0.25, 0.3) is 0 Å². The number of rotatable bonds is 18. The van der Waals surface area contributed by atoms with Gasteiger partial charge in [-0.2, -0.15) is 0 Å². The van der Waals surface area contributed by atoms with Crippen LogP contribution in [0.4, 0.5) is 0 Å². The Morgan fingerprint density at radius 1 is 0.833 bits per heavy atom. The van der Waals surface area contributed by atoms with Crippen molar-refractivity contribution in [3.63, 3.8) is 0 Å². The molecule has 0 aliphatic rings. The van der Waals surface area contributed by atoms with Crippen molar-refractivity contribution in [3.05, 3.63) is 0 Å². The van der Waals surface area contributed by atoms with Gasteiger partial charge in [0.05, 0.1) is 13.2 Å². The van der Waals surface area contributed by atoms with Crippen LogP contribution in [0.3, 0.4) is 0 Å². The predicted molar refractivity (Wildman–Crippen MR) is 101 cm³/mol. The van der Waals surface area contributed by atoms with Crippen molar-refractivity contribution in [2.24, 2.45) is 0 Å². The van der Waals surface area contributed by atoms with Gasteiger partial charge in [-0.15, -0.1) is 0 Å². The molecule has 0 aliphatic heterocycles. The molecule has 0 bridgehead atoms. The quantitative estimate of drug-likeness (QED) is 0.293. The van der Waals surface area contributed by atoms with Gasteiger partial charge >= 0.3 is 5.97 Å². The maximum atomic E-state index is 11.6. The van der Waals surface area contributed by atoms with E-state index in [2.05, 4.69) is 11.8 Å². The topological polar surface area (TPSA) is 49.8 Å². The molecule has 0 saturated carbocycles. The van der Waals surface area contributed by atoms with Crippen LogP contribution in [0.1, 0.15) is 90.4 Å². The first-order valence-corrected chi connectivity index (χ1v) is 10.2. The summed E-state index contributed by atoms with van der Waals surface area (Å²) < 4.78 is 5.29. The lowest BCUT2D eigenvalue weighted by Gasteiger charge is -2.14. The molecule has 0 aromatic carbocycles. The van der Waals surface area contributed by atoms with Crippen LogP contribution in [-0.2, 0) is 9.53 Å². The van der Waals surface area contributed by atoms with Crippen LogP contribution in [0.2, 0.25) is 0 Å². The molecular formula is C20H41NO3. The smallest absolute Gasteiger partial charge is 0.305 e. The monoisotopic (exact) mass is 343 g/mol. The van der Waals surface area contributed by atoms with Crippen molar-refractivity contribution < 1.29 is 14.6 Å². The highest BCUT2D eigenvalue weighted by atomic mass is 16.5. The Balaban J connectivity index is 3.21. The van der Waals surface area contributed by atoms with Gasteiger partial charge < -0.3 is 14.7 Å². The Bertz CT molecular complexity index is 272. The van der Waals surface area contributed by atoms with E-state index in [1.165, 1.54) is 51.4 Å². The van der Waals surface area contributed by atoms with Crippen LogP contribution >= 0.6 is 0 Å². The lowest BCUT2D eigenvalue weighted by molar-refractivity contribution is -0.143. The van der Waals surface area contributed by atoms with Gasteiger partial charge in [-0.05, 0) is 32.9 Å². The third kappa shape index (κ3) is 17.7. The van der Waals surface area contributed by atoms with Gasteiger partial charge in [0, 0.05) is 13.0 Å². The Labute approximate surface area is 150 Å². The van der Waals surface area contributed by atoms with E-state index in [9.17, 15) is 4.79 Å². The molecule has 1 N–H and O–H groups in total. The average Bonchev–Trinajstić information content (AvgIpc) is 2.56. The maximum absolute atomic E-state index is 11.6. The van der Waals surface area contributed by atoms with Crippen molar-refractivity contribution >= 4 is 5.97 Å². The molecule has 0 aromatic rings. The summed E-state index contributed by atoms with van der Waals surface area (Å²) in [4.78, 5) is 13.7. The molecule has 144 valence electrons. The average molecular weight is 344 g/mol. The Hall–Kier alpha value is -0.610. The first kappa shape index (κ1) is 23.4. The molecule has 24 heavy (non-hydrogen) atoms. The number of carbonyl (C=O) groups is 1. The fourth-order valence-electron chi connectivity index (χ4n) is 2.78. The minimum atomic E-state index is -0.0433. The number of nitrogens with zero attached hydrogens (tertiary/aromatic N) is 1. The molecule has 0 amide bonds. The van der Waals surface area contributed by atoms with E-state index in [0.29, 0.717) is 13.0 Å². The van der Waals surface area contributed by atoms with Crippen LogP contribution in [0, 0.1) is 0 Å². The summed E-state index contributed by atoms with van der Waals surface area (Å²) in [7, 11) is 2.01. The lowest BCUT2D eigenvalue weighted by Crippen LogP contribution is -2.23. The molecule has 0 spiro atoms. The molecule has 0 fully saturated rings. The predicted octanol–water partition coefficient (Wildman–Crippen LogP) is 4.54. The summed E-state index contributed by atoms with van der Waals surface area (Å²) in [5.41, 5.74) is 0. The summed E-state index contributed by atoms with van der Waals surface area (Å²) in [5.74, 6) is -0.0433. The van der Waals surface area contributed by atoms with E-state index in [-0.39, 0.29) is 12.6 Å². The third-order valence-electron chi connectivity index (χ3n) is 4.41. The van der Waals surface area contributed by atoms with Crippen molar-refractivity contribution in [1.29, 1.82) is 0 Å². The van der Waals surface area contributed by atoms with Crippen LogP contribution in [0.15, 0.2) is 0 Å². The number of carbonyl (C=O) groups excluding carboxylic acids is 1. The Morgan fingerprint density at radius 2 is 1.42 bits per heavy atom. The van der Waals surface area contributed by atoms with E-state index in [4.69, 9.17) is 9.84 Å². The van der Waals surface area contributed by atoms with Crippen molar-refractivity contribution in [1.82, 2.24) is 4.90 Å². The molecule has 0 atom stereocenters. The van der Waals surface area contributed by atoms with Gasteiger partial charge in [-0.25, -0.2) is 0 Å². The summed E-state index contributed by atoms with van der Waals surface area (Å²) in [6.07, 6.45) is 15.1. The van der Waals surface area contributed by atoms with Gasteiger partial charge in [-0.3, -0.25) is 4.79 Å². The van der Waals surface area contributed by atoms with E-state index >= 15 is 0 Å². The minimum Gasteiger partial charge on any atom is -0.466 e. The van der Waals surface area contributed by atoms with E-state index < -0.39 is 0 Å². The zero-order chi connectivity index (χ0) is 17.9. The number of hydrogen-bond acceptors (Lipinski definition) is 4. The summed E-state index contributed by atoms with van der Waals surface area (Å²) in [6, 6.07) is 0.